The monoisotopic (exact) mass is 327 g/mol. The number of hydrogen-bond acceptors (Lipinski definition) is 4. The molecule has 3 heterocycles. The van der Waals surface area contributed by atoms with Crippen LogP contribution in [0.5, 0.6) is 0 Å². The molecule has 0 radical (unpaired) electrons. The van der Waals surface area contributed by atoms with Gasteiger partial charge in [0.2, 0.25) is 0 Å². The lowest BCUT2D eigenvalue weighted by atomic mass is 9.89. The molecule has 0 atom stereocenters. The van der Waals surface area contributed by atoms with Gasteiger partial charge in [0.05, 0.1) is 6.20 Å². The van der Waals surface area contributed by atoms with Gasteiger partial charge in [-0.2, -0.15) is 5.10 Å². The first-order chi connectivity index (χ1) is 11.1. The first-order valence-corrected chi connectivity index (χ1v) is 8.75. The second-order valence-corrected chi connectivity index (χ2v) is 8.90. The third-order valence-electron chi connectivity index (χ3n) is 4.55. The molecule has 0 bridgehead atoms. The van der Waals surface area contributed by atoms with E-state index < -0.39 is 0 Å². The van der Waals surface area contributed by atoms with E-state index in [2.05, 4.69) is 61.6 Å². The van der Waals surface area contributed by atoms with Crippen molar-refractivity contribution in [1.29, 1.82) is 0 Å². The zero-order valence-electron chi connectivity index (χ0n) is 15.8. The normalized spacial score (nSPS) is 16.2. The second-order valence-electron chi connectivity index (χ2n) is 8.90. The van der Waals surface area contributed by atoms with Gasteiger partial charge in [0.25, 0.3) is 0 Å². The summed E-state index contributed by atoms with van der Waals surface area (Å²) in [6.07, 6.45) is 4.98. The summed E-state index contributed by atoms with van der Waals surface area (Å²) in [4.78, 5) is 11.9. The molecular formula is C19H29N5. The minimum Gasteiger partial charge on any atom is -0.294 e. The smallest absolute Gasteiger partial charge is 0.133 e. The van der Waals surface area contributed by atoms with E-state index in [0.29, 0.717) is 0 Å². The van der Waals surface area contributed by atoms with Crippen molar-refractivity contribution < 1.29 is 0 Å². The molecule has 0 aromatic carbocycles. The molecule has 0 aliphatic carbocycles. The lowest BCUT2D eigenvalue weighted by molar-refractivity contribution is 0.240. The highest BCUT2D eigenvalue weighted by Crippen LogP contribution is 2.27. The lowest BCUT2D eigenvalue weighted by Gasteiger charge is -2.30. The van der Waals surface area contributed by atoms with Crippen molar-refractivity contribution in [3.63, 3.8) is 0 Å². The van der Waals surface area contributed by atoms with Gasteiger partial charge in [0.1, 0.15) is 5.82 Å². The Morgan fingerprint density at radius 1 is 1.08 bits per heavy atom. The van der Waals surface area contributed by atoms with E-state index in [9.17, 15) is 0 Å². The molecule has 130 valence electrons. The molecule has 2 aromatic rings. The van der Waals surface area contributed by atoms with E-state index >= 15 is 0 Å². The van der Waals surface area contributed by atoms with Crippen LogP contribution in [-0.4, -0.2) is 31.6 Å². The Labute approximate surface area is 144 Å². The SMILES string of the molecule is CC(C)(C)c1ncc2c(n1)CCN(Cc1cn[nH]c1C(C)(C)C)C2. The van der Waals surface area contributed by atoms with Crippen LogP contribution in [0.4, 0.5) is 0 Å². The topological polar surface area (TPSA) is 57.7 Å². The minimum atomic E-state index is 0.00453. The number of nitrogens with zero attached hydrogens (tertiary/aromatic N) is 4. The van der Waals surface area contributed by atoms with E-state index in [1.807, 2.05) is 12.4 Å². The van der Waals surface area contributed by atoms with Crippen LogP contribution in [0, 0.1) is 0 Å². The fourth-order valence-electron chi connectivity index (χ4n) is 3.19. The number of nitrogens with one attached hydrogen (secondary N) is 1. The van der Waals surface area contributed by atoms with E-state index in [1.54, 1.807) is 0 Å². The third-order valence-corrected chi connectivity index (χ3v) is 4.55. The molecule has 1 aliphatic heterocycles. The van der Waals surface area contributed by atoms with Crippen LogP contribution in [0.3, 0.4) is 0 Å². The Bertz CT molecular complexity index is 718. The predicted molar refractivity (Wildman–Crippen MR) is 95.8 cm³/mol. The molecule has 5 nitrogen and oxygen atoms in total. The molecule has 5 heteroatoms. The highest BCUT2D eigenvalue weighted by molar-refractivity contribution is 5.25. The van der Waals surface area contributed by atoms with Crippen molar-refractivity contribution in [2.45, 2.75) is 71.9 Å². The first kappa shape index (κ1) is 17.1. The van der Waals surface area contributed by atoms with Gasteiger partial charge in [-0.25, -0.2) is 9.97 Å². The molecule has 3 rings (SSSR count). The fraction of sp³-hybridized carbons (Fsp3) is 0.632. The number of H-pyrrole nitrogens is 1. The average Bonchev–Trinajstić information content (AvgIpc) is 2.94. The fourth-order valence-corrected chi connectivity index (χ4v) is 3.19. The van der Waals surface area contributed by atoms with Gasteiger partial charge < -0.3 is 0 Å². The van der Waals surface area contributed by atoms with Gasteiger partial charge >= 0.3 is 0 Å². The zero-order chi connectivity index (χ0) is 17.5. The highest BCUT2D eigenvalue weighted by Gasteiger charge is 2.25. The summed E-state index contributed by atoms with van der Waals surface area (Å²) in [7, 11) is 0. The largest absolute Gasteiger partial charge is 0.294 e. The molecule has 1 N–H and O–H groups in total. The Morgan fingerprint density at radius 3 is 2.50 bits per heavy atom. The van der Waals surface area contributed by atoms with Crippen molar-refractivity contribution in [2.24, 2.45) is 0 Å². The van der Waals surface area contributed by atoms with Gasteiger partial charge in [0, 0.05) is 65.6 Å². The van der Waals surface area contributed by atoms with Crippen molar-refractivity contribution in [2.75, 3.05) is 6.54 Å². The summed E-state index contributed by atoms with van der Waals surface area (Å²) >= 11 is 0. The third kappa shape index (κ3) is 3.51. The maximum Gasteiger partial charge on any atom is 0.133 e. The maximum atomic E-state index is 4.82. The molecule has 0 saturated heterocycles. The summed E-state index contributed by atoms with van der Waals surface area (Å²) in [6, 6.07) is 0. The molecule has 0 amide bonds. The number of rotatable bonds is 2. The van der Waals surface area contributed by atoms with Crippen LogP contribution in [-0.2, 0) is 30.3 Å². The highest BCUT2D eigenvalue weighted by atomic mass is 15.2. The molecule has 1 aliphatic rings. The van der Waals surface area contributed by atoms with Crippen LogP contribution < -0.4 is 0 Å². The quantitative estimate of drug-likeness (QED) is 0.919. The molecule has 0 saturated carbocycles. The van der Waals surface area contributed by atoms with Gasteiger partial charge in [-0.3, -0.25) is 10.00 Å². The zero-order valence-corrected chi connectivity index (χ0v) is 15.8. The number of fused-ring (bicyclic) bond motifs is 1. The summed E-state index contributed by atoms with van der Waals surface area (Å²) in [5.41, 5.74) is 5.09. The van der Waals surface area contributed by atoms with Crippen LogP contribution in [0.15, 0.2) is 12.4 Å². The van der Waals surface area contributed by atoms with Gasteiger partial charge in [-0.15, -0.1) is 0 Å². The Hall–Kier alpha value is -1.75. The van der Waals surface area contributed by atoms with Crippen molar-refractivity contribution in [3.8, 4) is 0 Å². The molecule has 0 unspecified atom stereocenters. The predicted octanol–water partition coefficient (Wildman–Crippen LogP) is 3.35. The Morgan fingerprint density at radius 2 is 1.83 bits per heavy atom. The number of aromatic nitrogens is 4. The summed E-state index contributed by atoms with van der Waals surface area (Å²) in [5.74, 6) is 0.944. The van der Waals surface area contributed by atoms with Crippen molar-refractivity contribution in [3.05, 3.63) is 40.7 Å². The van der Waals surface area contributed by atoms with E-state index in [-0.39, 0.29) is 10.8 Å². The average molecular weight is 327 g/mol. The van der Waals surface area contributed by atoms with E-state index in [0.717, 1.165) is 31.9 Å². The Kier molecular flexibility index (Phi) is 4.24. The first-order valence-electron chi connectivity index (χ1n) is 8.75. The Balaban J connectivity index is 1.76. The molecule has 0 fully saturated rings. The van der Waals surface area contributed by atoms with E-state index in [4.69, 9.17) is 4.98 Å². The van der Waals surface area contributed by atoms with Crippen molar-refractivity contribution >= 4 is 0 Å². The molecular weight excluding hydrogens is 298 g/mol. The van der Waals surface area contributed by atoms with Crippen molar-refractivity contribution in [1.82, 2.24) is 25.1 Å². The second kappa shape index (κ2) is 5.96. The van der Waals surface area contributed by atoms with Gasteiger partial charge in [0.15, 0.2) is 0 Å². The molecule has 0 spiro atoms. The summed E-state index contributed by atoms with van der Waals surface area (Å²) < 4.78 is 0. The number of aromatic amines is 1. The van der Waals surface area contributed by atoms with Gasteiger partial charge in [-0.1, -0.05) is 41.5 Å². The molecule has 2 aromatic heterocycles. The standard InChI is InChI=1S/C19H29N5/c1-18(2,3)16-14(10-21-23-16)12-24-8-7-15-13(11-24)9-20-17(22-15)19(4,5)6/h9-10H,7-8,11-12H2,1-6H3,(H,21,23). The van der Waals surface area contributed by atoms with Crippen LogP contribution in [0.2, 0.25) is 0 Å². The van der Waals surface area contributed by atoms with Crippen LogP contribution in [0.25, 0.3) is 0 Å². The van der Waals surface area contributed by atoms with Gasteiger partial charge in [-0.05, 0) is 0 Å². The van der Waals surface area contributed by atoms with E-state index in [1.165, 1.54) is 22.5 Å². The van der Waals surface area contributed by atoms with Crippen LogP contribution in [0.1, 0.15) is 69.9 Å². The minimum absolute atomic E-state index is 0.00453. The molecule has 24 heavy (non-hydrogen) atoms. The summed E-state index contributed by atoms with van der Waals surface area (Å²) in [5, 5.41) is 7.44. The van der Waals surface area contributed by atoms with Crippen LogP contribution >= 0.6 is 0 Å². The summed E-state index contributed by atoms with van der Waals surface area (Å²) in [6.45, 7) is 16.0. The maximum absolute atomic E-state index is 4.82. The number of hydrogen-bond donors (Lipinski definition) is 1. The lowest BCUT2D eigenvalue weighted by Crippen LogP contribution is -2.32.